The van der Waals surface area contributed by atoms with E-state index < -0.39 is 16.1 Å². The van der Waals surface area contributed by atoms with Crippen molar-refractivity contribution in [2.24, 2.45) is 0 Å². The summed E-state index contributed by atoms with van der Waals surface area (Å²) in [6.07, 6.45) is 2.29. The van der Waals surface area contributed by atoms with Crippen molar-refractivity contribution in [2.45, 2.75) is 23.9 Å². The molecule has 3 aromatic carbocycles. The topological polar surface area (TPSA) is 93.7 Å². The fourth-order valence-electron chi connectivity index (χ4n) is 3.43. The molecule has 7 nitrogen and oxygen atoms in total. The molecular weight excluding hydrogens is 448 g/mol. The molecule has 1 amide bonds. The molecule has 0 bridgehead atoms. The molecule has 0 fully saturated rings. The first-order chi connectivity index (χ1) is 15.5. The molecule has 0 spiro atoms. The fraction of sp³-hybridized carbons (Fsp3) is 0.261. The molecule has 4 rings (SSSR count). The third-order valence-corrected chi connectivity index (χ3v) is 7.27. The summed E-state index contributed by atoms with van der Waals surface area (Å²) in [5.41, 5.74) is 0.837. The van der Waals surface area contributed by atoms with E-state index >= 15 is 0 Å². The van der Waals surface area contributed by atoms with E-state index in [1.165, 1.54) is 0 Å². The van der Waals surface area contributed by atoms with Gasteiger partial charge in [0.15, 0.2) is 11.5 Å². The van der Waals surface area contributed by atoms with Crippen LogP contribution in [0.1, 0.15) is 12.0 Å². The van der Waals surface area contributed by atoms with Crippen LogP contribution in [0.25, 0.3) is 10.8 Å². The van der Waals surface area contributed by atoms with E-state index in [-0.39, 0.29) is 24.1 Å². The van der Waals surface area contributed by atoms with Crippen molar-refractivity contribution in [3.8, 4) is 11.5 Å². The Bertz CT molecular complexity index is 1230. The molecule has 32 heavy (non-hydrogen) atoms. The highest BCUT2D eigenvalue weighted by Gasteiger charge is 2.26. The van der Waals surface area contributed by atoms with E-state index in [1.54, 1.807) is 42.1 Å². The molecule has 9 heteroatoms. The molecule has 0 saturated carbocycles. The average molecular weight is 473 g/mol. The van der Waals surface area contributed by atoms with Gasteiger partial charge in [-0.05, 0) is 59.0 Å². The van der Waals surface area contributed by atoms with Crippen molar-refractivity contribution in [1.82, 2.24) is 10.0 Å². The first-order valence-corrected chi connectivity index (χ1v) is 13.0. The third kappa shape index (κ3) is 5.17. The highest BCUT2D eigenvalue weighted by Crippen LogP contribution is 2.32. The normalized spacial score (nSPS) is 13.8. The summed E-state index contributed by atoms with van der Waals surface area (Å²) in [6, 6.07) is 17.0. The first-order valence-electron chi connectivity index (χ1n) is 10.1. The van der Waals surface area contributed by atoms with Crippen LogP contribution < -0.4 is 19.5 Å². The zero-order valence-electron chi connectivity index (χ0n) is 17.5. The molecular formula is C23H24N2O5S2. The van der Waals surface area contributed by atoms with Crippen LogP contribution in [-0.2, 0) is 21.4 Å². The number of benzene rings is 3. The Kier molecular flexibility index (Phi) is 6.88. The van der Waals surface area contributed by atoms with E-state index in [2.05, 4.69) is 10.0 Å². The molecule has 3 aromatic rings. The zero-order chi connectivity index (χ0) is 22.6. The maximum absolute atomic E-state index is 13.0. The van der Waals surface area contributed by atoms with Crippen LogP contribution in [0, 0.1) is 0 Å². The molecule has 168 valence electrons. The van der Waals surface area contributed by atoms with Gasteiger partial charge in [0.05, 0.1) is 4.90 Å². The predicted molar refractivity (Wildman–Crippen MR) is 125 cm³/mol. The van der Waals surface area contributed by atoms with Crippen molar-refractivity contribution in [1.29, 1.82) is 0 Å². The van der Waals surface area contributed by atoms with Gasteiger partial charge in [0.2, 0.25) is 22.7 Å². The van der Waals surface area contributed by atoms with Gasteiger partial charge in [-0.3, -0.25) is 4.79 Å². The van der Waals surface area contributed by atoms with Crippen molar-refractivity contribution in [3.05, 3.63) is 66.2 Å². The molecule has 1 atom stereocenters. The van der Waals surface area contributed by atoms with E-state index in [4.69, 9.17) is 9.47 Å². The lowest BCUT2D eigenvalue weighted by Gasteiger charge is -2.18. The Labute approximate surface area is 191 Å². The van der Waals surface area contributed by atoms with Gasteiger partial charge in [-0.25, -0.2) is 8.42 Å². The number of hydrogen-bond acceptors (Lipinski definition) is 6. The second kappa shape index (κ2) is 9.81. The third-order valence-electron chi connectivity index (χ3n) is 5.16. The fourth-order valence-corrected chi connectivity index (χ4v) is 5.17. The maximum atomic E-state index is 13.0. The summed E-state index contributed by atoms with van der Waals surface area (Å²) in [5.74, 6) is 1.57. The number of rotatable bonds is 9. The number of amides is 1. The SMILES string of the molecule is CSCCC(NS(=O)(=O)c1ccc2ccccc2c1)C(=O)NCc1ccc2c(c1)OCO2. The van der Waals surface area contributed by atoms with Crippen molar-refractivity contribution in [3.63, 3.8) is 0 Å². The van der Waals surface area contributed by atoms with Crippen LogP contribution in [0.5, 0.6) is 11.5 Å². The van der Waals surface area contributed by atoms with E-state index in [1.807, 2.05) is 36.6 Å². The summed E-state index contributed by atoms with van der Waals surface area (Å²) in [4.78, 5) is 13.0. The lowest BCUT2D eigenvalue weighted by atomic mass is 10.1. The van der Waals surface area contributed by atoms with Gasteiger partial charge in [-0.2, -0.15) is 16.5 Å². The Morgan fingerprint density at radius 2 is 1.81 bits per heavy atom. The number of carbonyl (C=O) groups is 1. The standard InChI is InChI=1S/C23H24N2O5S2/c1-31-11-10-20(23(26)24-14-16-6-9-21-22(12-16)30-15-29-21)25-32(27,28)19-8-7-17-4-2-3-5-18(17)13-19/h2-9,12-13,20,25H,10-11,14-15H2,1H3,(H,24,26). The number of nitrogens with one attached hydrogen (secondary N) is 2. The van der Waals surface area contributed by atoms with Crippen LogP contribution in [-0.4, -0.2) is 39.2 Å². The summed E-state index contributed by atoms with van der Waals surface area (Å²) in [7, 11) is -3.87. The van der Waals surface area contributed by atoms with E-state index in [9.17, 15) is 13.2 Å². The summed E-state index contributed by atoms with van der Waals surface area (Å²) in [5, 5.41) is 4.60. The molecule has 0 aromatic heterocycles. The first kappa shape index (κ1) is 22.4. The van der Waals surface area contributed by atoms with Gasteiger partial charge in [-0.1, -0.05) is 36.4 Å². The number of sulfonamides is 1. The van der Waals surface area contributed by atoms with Crippen LogP contribution in [0.4, 0.5) is 0 Å². The minimum Gasteiger partial charge on any atom is -0.454 e. The summed E-state index contributed by atoms with van der Waals surface area (Å²) >= 11 is 1.55. The zero-order valence-corrected chi connectivity index (χ0v) is 19.2. The number of ether oxygens (including phenoxy) is 2. The van der Waals surface area contributed by atoms with Crippen molar-refractivity contribution < 1.29 is 22.7 Å². The Morgan fingerprint density at radius 1 is 1.03 bits per heavy atom. The largest absolute Gasteiger partial charge is 0.454 e. The lowest BCUT2D eigenvalue weighted by molar-refractivity contribution is -0.122. The molecule has 1 unspecified atom stereocenters. The summed E-state index contributed by atoms with van der Waals surface area (Å²) < 4.78 is 39.3. The summed E-state index contributed by atoms with van der Waals surface area (Å²) in [6.45, 7) is 0.432. The van der Waals surface area contributed by atoms with Crippen LogP contribution in [0.15, 0.2) is 65.6 Å². The number of carbonyl (C=O) groups excluding carboxylic acids is 1. The number of thioether (sulfide) groups is 1. The van der Waals surface area contributed by atoms with Gasteiger partial charge < -0.3 is 14.8 Å². The molecule has 0 aliphatic carbocycles. The predicted octanol–water partition coefficient (Wildman–Crippen LogP) is 3.28. The van der Waals surface area contributed by atoms with Crippen molar-refractivity contribution >= 4 is 38.5 Å². The maximum Gasteiger partial charge on any atom is 0.241 e. The van der Waals surface area contributed by atoms with E-state index in [0.717, 1.165) is 16.3 Å². The average Bonchev–Trinajstić information content (AvgIpc) is 3.27. The molecule has 0 saturated heterocycles. The molecule has 0 radical (unpaired) electrons. The Hall–Kier alpha value is -2.75. The Morgan fingerprint density at radius 3 is 2.62 bits per heavy atom. The highest BCUT2D eigenvalue weighted by atomic mass is 32.2. The number of hydrogen-bond donors (Lipinski definition) is 2. The van der Waals surface area contributed by atoms with Crippen LogP contribution >= 0.6 is 11.8 Å². The lowest BCUT2D eigenvalue weighted by Crippen LogP contribution is -2.46. The minimum atomic E-state index is -3.87. The van der Waals surface area contributed by atoms with Gasteiger partial charge in [0.1, 0.15) is 6.04 Å². The second-order valence-electron chi connectivity index (χ2n) is 7.37. The van der Waals surface area contributed by atoms with Gasteiger partial charge in [0.25, 0.3) is 0 Å². The number of fused-ring (bicyclic) bond motifs is 2. The van der Waals surface area contributed by atoms with E-state index in [0.29, 0.717) is 23.7 Å². The van der Waals surface area contributed by atoms with Gasteiger partial charge in [0, 0.05) is 6.54 Å². The molecule has 1 aliphatic heterocycles. The molecule has 1 aliphatic rings. The van der Waals surface area contributed by atoms with Gasteiger partial charge >= 0.3 is 0 Å². The molecule has 1 heterocycles. The van der Waals surface area contributed by atoms with Crippen LogP contribution in [0.3, 0.4) is 0 Å². The smallest absolute Gasteiger partial charge is 0.241 e. The Balaban J connectivity index is 1.47. The van der Waals surface area contributed by atoms with Gasteiger partial charge in [-0.15, -0.1) is 0 Å². The molecule has 2 N–H and O–H groups in total. The quantitative estimate of drug-likeness (QED) is 0.496. The van der Waals surface area contributed by atoms with Crippen LogP contribution in [0.2, 0.25) is 0 Å². The highest BCUT2D eigenvalue weighted by molar-refractivity contribution is 7.98. The second-order valence-corrected chi connectivity index (χ2v) is 10.1. The van der Waals surface area contributed by atoms with Crippen molar-refractivity contribution in [2.75, 3.05) is 18.8 Å². The monoisotopic (exact) mass is 472 g/mol. The minimum absolute atomic E-state index is 0.133.